The third-order valence-electron chi connectivity index (χ3n) is 10.5. The predicted octanol–water partition coefficient (Wildman–Crippen LogP) is 1.55. The molecule has 0 heterocycles. The number of hydrogen-bond acceptors (Lipinski definition) is 12. The SMILES string of the molecule is CCCCCCCCCCCCCCCCCC(=O)NCCCCC(NC(=O)CCC(NC(=O)C(C)NC(=O)C(C)OC(C(C=O)NC(C)=O)C(O)C(O)CO)C(N)=O)C(=O)O. The second kappa shape index (κ2) is 35.3. The van der Waals surface area contributed by atoms with E-state index in [9.17, 15) is 58.8 Å². The van der Waals surface area contributed by atoms with Crippen LogP contribution in [0, 0.1) is 0 Å². The van der Waals surface area contributed by atoms with Crippen LogP contribution in [0.4, 0.5) is 0 Å². The van der Waals surface area contributed by atoms with E-state index in [0.29, 0.717) is 25.8 Å². The van der Waals surface area contributed by atoms with Crippen molar-refractivity contribution in [1.82, 2.24) is 26.6 Å². The van der Waals surface area contributed by atoms with Gasteiger partial charge in [-0.2, -0.15) is 0 Å². The average molecular weight is 887 g/mol. The largest absolute Gasteiger partial charge is 0.480 e. The van der Waals surface area contributed by atoms with E-state index in [2.05, 4.69) is 33.5 Å². The van der Waals surface area contributed by atoms with Gasteiger partial charge in [0.25, 0.3) is 0 Å². The molecular formula is C43H78N6O13. The number of amides is 6. The lowest BCUT2D eigenvalue weighted by molar-refractivity contribution is -0.158. The number of ether oxygens (including phenoxy) is 1. The van der Waals surface area contributed by atoms with Gasteiger partial charge in [-0.25, -0.2) is 4.79 Å². The first-order valence-corrected chi connectivity index (χ1v) is 22.5. The molecule has 0 aliphatic carbocycles. The van der Waals surface area contributed by atoms with E-state index in [0.717, 1.165) is 26.2 Å². The van der Waals surface area contributed by atoms with E-state index in [1.54, 1.807) is 0 Å². The van der Waals surface area contributed by atoms with Crippen LogP contribution in [-0.4, -0.2) is 130 Å². The Morgan fingerprint density at radius 1 is 0.661 bits per heavy atom. The van der Waals surface area contributed by atoms with Gasteiger partial charge in [0.05, 0.1) is 6.61 Å². The van der Waals surface area contributed by atoms with Crippen molar-refractivity contribution in [2.75, 3.05) is 13.2 Å². The molecule has 0 radical (unpaired) electrons. The number of hydrogen-bond donors (Lipinski definition) is 10. The Morgan fingerprint density at radius 2 is 1.21 bits per heavy atom. The first-order chi connectivity index (χ1) is 29.5. The standard InChI is InChI=1S/C43H78N6O13/c1-5-6-7-8-9-10-11-12-13-14-15-16-17-18-19-23-36(54)45-26-21-20-22-33(43(60)61)48-37(55)25-24-32(40(44)57)49-41(58)29(2)46-42(59)30(3)62-39(38(56)35(53)28-51)34(27-50)47-31(4)52/h27,29-30,32-35,38-39,51,53,56H,5-26,28H2,1-4H3,(H2,44,57)(H,45,54)(H,46,59)(H,47,52)(H,48,55)(H,49,58)(H,60,61). The molecule has 0 rings (SSSR count). The van der Waals surface area contributed by atoms with Gasteiger partial charge in [0.1, 0.15) is 54.9 Å². The van der Waals surface area contributed by atoms with Gasteiger partial charge < -0.3 is 62.3 Å². The van der Waals surface area contributed by atoms with Crippen molar-refractivity contribution in [3.05, 3.63) is 0 Å². The van der Waals surface area contributed by atoms with Gasteiger partial charge in [0, 0.05) is 26.3 Å². The van der Waals surface area contributed by atoms with Crippen molar-refractivity contribution in [1.29, 1.82) is 0 Å². The second-order valence-electron chi connectivity index (χ2n) is 16.1. The van der Waals surface area contributed by atoms with Gasteiger partial charge in [-0.15, -0.1) is 0 Å². The Hall–Kier alpha value is -4.20. The highest BCUT2D eigenvalue weighted by atomic mass is 16.5. The van der Waals surface area contributed by atoms with Crippen LogP contribution in [0.2, 0.25) is 0 Å². The summed E-state index contributed by atoms with van der Waals surface area (Å²) in [5.74, 6) is -5.55. The number of carboxylic acids is 1. The fraction of sp³-hybridized carbons (Fsp3) is 0.814. The number of aliphatic carboxylic acids is 1. The predicted molar refractivity (Wildman–Crippen MR) is 231 cm³/mol. The molecule has 0 saturated carbocycles. The Balaban J connectivity index is 4.59. The highest BCUT2D eigenvalue weighted by Gasteiger charge is 2.37. The summed E-state index contributed by atoms with van der Waals surface area (Å²) < 4.78 is 5.47. The molecule has 19 heteroatoms. The average Bonchev–Trinajstić information content (AvgIpc) is 3.23. The number of aliphatic hydroxyl groups excluding tert-OH is 3. The molecule has 6 amide bonds. The Bertz CT molecular complexity index is 1340. The molecule has 0 aromatic rings. The molecular weight excluding hydrogens is 809 g/mol. The summed E-state index contributed by atoms with van der Waals surface area (Å²) in [5.41, 5.74) is 5.43. The van der Waals surface area contributed by atoms with Crippen LogP contribution >= 0.6 is 0 Å². The second-order valence-corrected chi connectivity index (χ2v) is 16.1. The summed E-state index contributed by atoms with van der Waals surface area (Å²) in [7, 11) is 0. The molecule has 11 N–H and O–H groups in total. The zero-order chi connectivity index (χ0) is 46.9. The first-order valence-electron chi connectivity index (χ1n) is 22.5. The van der Waals surface area contributed by atoms with Gasteiger partial charge in [-0.05, 0) is 46.0 Å². The number of nitrogens with two attached hydrogens (primary N) is 1. The number of unbranched alkanes of at least 4 members (excludes halogenated alkanes) is 15. The van der Waals surface area contributed by atoms with Gasteiger partial charge in [0.2, 0.25) is 35.4 Å². The van der Waals surface area contributed by atoms with Crippen LogP contribution in [0.15, 0.2) is 0 Å². The Morgan fingerprint density at radius 3 is 1.69 bits per heavy atom. The summed E-state index contributed by atoms with van der Waals surface area (Å²) in [4.78, 5) is 97.7. The molecule has 0 fully saturated rings. The van der Waals surface area contributed by atoms with Gasteiger partial charge in [-0.3, -0.25) is 28.8 Å². The topological polar surface area (TPSA) is 313 Å². The summed E-state index contributed by atoms with van der Waals surface area (Å²) in [6.07, 6.45) is 12.8. The molecule has 0 aromatic carbocycles. The van der Waals surface area contributed by atoms with Crippen LogP contribution < -0.4 is 32.3 Å². The van der Waals surface area contributed by atoms with Gasteiger partial charge >= 0.3 is 5.97 Å². The molecule has 0 aliphatic rings. The molecule has 0 aromatic heterocycles. The van der Waals surface area contributed by atoms with Crippen LogP contribution in [0.1, 0.15) is 163 Å². The minimum absolute atomic E-state index is 0.0473. The highest BCUT2D eigenvalue weighted by molar-refractivity contribution is 5.92. The number of carbonyl (C=O) groups excluding carboxylic acids is 7. The first kappa shape index (κ1) is 57.8. The lowest BCUT2D eigenvalue weighted by atomic mass is 10.0. The van der Waals surface area contributed by atoms with Crippen molar-refractivity contribution < 1.29 is 63.5 Å². The summed E-state index contributed by atoms with van der Waals surface area (Å²) in [6, 6.07) is -5.46. The summed E-state index contributed by atoms with van der Waals surface area (Å²) in [5, 5.41) is 51.3. The number of carboxylic acid groups (broad SMARTS) is 1. The zero-order valence-corrected chi connectivity index (χ0v) is 37.5. The van der Waals surface area contributed by atoms with Crippen LogP contribution in [0.5, 0.6) is 0 Å². The monoisotopic (exact) mass is 887 g/mol. The van der Waals surface area contributed by atoms with Crippen molar-refractivity contribution in [3.8, 4) is 0 Å². The quantitative estimate of drug-likeness (QED) is 0.0310. The van der Waals surface area contributed by atoms with E-state index >= 15 is 0 Å². The normalized spacial score (nSPS) is 15.1. The summed E-state index contributed by atoms with van der Waals surface area (Å²) >= 11 is 0. The number of aldehydes is 1. The van der Waals surface area contributed by atoms with Crippen molar-refractivity contribution >= 4 is 47.7 Å². The smallest absolute Gasteiger partial charge is 0.326 e. The summed E-state index contributed by atoms with van der Waals surface area (Å²) in [6.45, 7) is 5.20. The third kappa shape index (κ3) is 27.7. The number of rotatable bonds is 39. The molecule has 0 spiro atoms. The number of primary amides is 1. The lowest BCUT2D eigenvalue weighted by Crippen LogP contribution is -2.57. The van der Waals surface area contributed by atoms with E-state index < -0.39 is 90.7 Å². The molecule has 0 aliphatic heterocycles. The Labute approximate surface area is 367 Å². The number of nitrogens with one attached hydrogen (secondary N) is 5. The maximum Gasteiger partial charge on any atom is 0.326 e. The maximum absolute atomic E-state index is 12.9. The van der Waals surface area contributed by atoms with Crippen molar-refractivity contribution in [2.24, 2.45) is 5.73 Å². The minimum atomic E-state index is -1.92. The number of aliphatic hydroxyl groups is 3. The lowest BCUT2D eigenvalue weighted by Gasteiger charge is -2.32. The number of carbonyl (C=O) groups is 8. The highest BCUT2D eigenvalue weighted by Crippen LogP contribution is 2.15. The van der Waals surface area contributed by atoms with Crippen LogP contribution in [0.25, 0.3) is 0 Å². The maximum atomic E-state index is 12.9. The molecule has 62 heavy (non-hydrogen) atoms. The molecule has 19 nitrogen and oxygen atoms in total. The molecule has 0 saturated heterocycles. The fourth-order valence-electron chi connectivity index (χ4n) is 6.65. The molecule has 8 atom stereocenters. The Kier molecular flexibility index (Phi) is 32.9. The molecule has 0 bridgehead atoms. The van der Waals surface area contributed by atoms with Crippen molar-refractivity contribution in [2.45, 2.75) is 211 Å². The van der Waals surface area contributed by atoms with Gasteiger partial charge in [0.15, 0.2) is 0 Å². The van der Waals surface area contributed by atoms with Crippen LogP contribution in [-0.2, 0) is 43.1 Å². The fourth-order valence-corrected chi connectivity index (χ4v) is 6.65. The van der Waals surface area contributed by atoms with Crippen molar-refractivity contribution in [3.63, 3.8) is 0 Å². The minimum Gasteiger partial charge on any atom is -0.480 e. The van der Waals surface area contributed by atoms with E-state index in [-0.39, 0.29) is 31.5 Å². The molecule has 358 valence electrons. The molecule has 8 unspecified atom stereocenters. The third-order valence-corrected chi connectivity index (χ3v) is 10.5. The zero-order valence-electron chi connectivity index (χ0n) is 37.5. The van der Waals surface area contributed by atoms with Crippen LogP contribution in [0.3, 0.4) is 0 Å². The van der Waals surface area contributed by atoms with E-state index in [4.69, 9.17) is 10.5 Å². The van der Waals surface area contributed by atoms with E-state index in [1.807, 2.05) is 0 Å². The van der Waals surface area contributed by atoms with E-state index in [1.165, 1.54) is 90.9 Å². The van der Waals surface area contributed by atoms with Gasteiger partial charge in [-0.1, -0.05) is 96.8 Å².